The van der Waals surface area contributed by atoms with Crippen molar-refractivity contribution in [3.8, 4) is 0 Å². The fourth-order valence-electron chi connectivity index (χ4n) is 2.05. The van der Waals surface area contributed by atoms with Crippen molar-refractivity contribution >= 4 is 23.4 Å². The molecule has 0 aliphatic heterocycles. The second-order valence-corrected chi connectivity index (χ2v) is 4.43. The normalized spacial score (nSPS) is 11.5. The quantitative estimate of drug-likeness (QED) is 0.657. The van der Waals surface area contributed by atoms with Gasteiger partial charge in [-0.05, 0) is 32.5 Å². The highest BCUT2D eigenvalue weighted by Crippen LogP contribution is 2.17. The Morgan fingerprint density at radius 2 is 2.24 bits per heavy atom. The van der Waals surface area contributed by atoms with Crippen LogP contribution in [0.25, 0.3) is 11.2 Å². The lowest BCUT2D eigenvalue weighted by molar-refractivity contribution is 0.141. The first-order chi connectivity index (χ1) is 8.15. The van der Waals surface area contributed by atoms with Gasteiger partial charge in [0.15, 0.2) is 10.4 Å². The van der Waals surface area contributed by atoms with Crippen molar-refractivity contribution in [1.82, 2.24) is 19.3 Å². The molecule has 0 aliphatic rings. The van der Waals surface area contributed by atoms with Crippen molar-refractivity contribution in [3.05, 3.63) is 10.5 Å². The van der Waals surface area contributed by atoms with Gasteiger partial charge >= 0.3 is 0 Å². The highest BCUT2D eigenvalue weighted by Gasteiger charge is 2.11. The molecule has 0 saturated carbocycles. The largest absolute Gasteiger partial charge is 0.382 e. The lowest BCUT2D eigenvalue weighted by Gasteiger charge is -2.04. The van der Waals surface area contributed by atoms with Gasteiger partial charge < -0.3 is 14.3 Å². The second kappa shape index (κ2) is 5.01. The zero-order valence-electron chi connectivity index (χ0n) is 10.5. The monoisotopic (exact) mass is 254 g/mol. The Labute approximate surface area is 105 Å². The number of nitrogens with one attached hydrogen (secondary N) is 1. The van der Waals surface area contributed by atoms with Gasteiger partial charge in [0.2, 0.25) is 0 Å². The molecule has 0 saturated heterocycles. The zero-order chi connectivity index (χ0) is 12.4. The van der Waals surface area contributed by atoms with E-state index in [1.807, 2.05) is 25.6 Å². The highest BCUT2D eigenvalue weighted by molar-refractivity contribution is 7.71. The van der Waals surface area contributed by atoms with E-state index >= 15 is 0 Å². The molecule has 0 unspecified atom stereocenters. The lowest BCUT2D eigenvalue weighted by atomic mass is 10.4. The number of hydrogen-bond donors (Lipinski definition) is 1. The van der Waals surface area contributed by atoms with E-state index in [2.05, 4.69) is 14.6 Å². The number of aromatic amines is 1. The van der Waals surface area contributed by atoms with E-state index < -0.39 is 0 Å². The molecular formula is C11H18N4OS. The molecule has 94 valence electrons. The Morgan fingerprint density at radius 3 is 2.94 bits per heavy atom. The molecule has 0 radical (unpaired) electrons. The Morgan fingerprint density at radius 1 is 1.47 bits per heavy atom. The molecule has 17 heavy (non-hydrogen) atoms. The van der Waals surface area contributed by atoms with Gasteiger partial charge in [-0.25, -0.2) is 0 Å². The van der Waals surface area contributed by atoms with Gasteiger partial charge in [-0.2, -0.15) is 5.10 Å². The molecule has 1 N–H and O–H groups in total. The minimum Gasteiger partial charge on any atom is -0.382 e. The summed E-state index contributed by atoms with van der Waals surface area (Å²) in [7, 11) is 1.94. The number of nitrogens with zero attached hydrogens (tertiary/aromatic N) is 3. The molecule has 0 aromatic carbocycles. The van der Waals surface area contributed by atoms with Gasteiger partial charge in [0.05, 0.1) is 5.69 Å². The van der Waals surface area contributed by atoms with Crippen molar-refractivity contribution in [2.24, 2.45) is 7.05 Å². The summed E-state index contributed by atoms with van der Waals surface area (Å²) >= 11 is 5.33. The van der Waals surface area contributed by atoms with Gasteiger partial charge in [0.1, 0.15) is 5.52 Å². The molecule has 5 nitrogen and oxygen atoms in total. The maximum absolute atomic E-state index is 5.34. The lowest BCUT2D eigenvalue weighted by Crippen LogP contribution is -2.06. The van der Waals surface area contributed by atoms with E-state index in [-0.39, 0.29) is 0 Å². The van der Waals surface area contributed by atoms with Crippen molar-refractivity contribution in [3.63, 3.8) is 0 Å². The van der Waals surface area contributed by atoms with Crippen LogP contribution in [-0.2, 0) is 18.3 Å². The van der Waals surface area contributed by atoms with Gasteiger partial charge in [0.25, 0.3) is 0 Å². The Hall–Kier alpha value is -1.14. The van der Waals surface area contributed by atoms with Crippen LogP contribution in [0.5, 0.6) is 0 Å². The molecule has 0 bridgehead atoms. The predicted octanol–water partition coefficient (Wildman–Crippen LogP) is 2.17. The Bertz CT molecular complexity index is 566. The van der Waals surface area contributed by atoms with Crippen LogP contribution >= 0.6 is 12.2 Å². The third kappa shape index (κ3) is 2.28. The number of imidazole rings is 1. The average Bonchev–Trinajstić information content (AvgIpc) is 2.74. The number of aryl methyl sites for hydroxylation is 3. The van der Waals surface area contributed by atoms with Crippen molar-refractivity contribution in [2.45, 2.75) is 26.8 Å². The molecule has 6 heteroatoms. The van der Waals surface area contributed by atoms with Crippen LogP contribution in [0.2, 0.25) is 0 Å². The van der Waals surface area contributed by atoms with Crippen LogP contribution < -0.4 is 0 Å². The molecule has 0 amide bonds. The number of fused-ring (bicyclic) bond motifs is 1. The first-order valence-electron chi connectivity index (χ1n) is 5.85. The summed E-state index contributed by atoms with van der Waals surface area (Å²) in [5, 5.41) is 4.38. The molecule has 2 heterocycles. The zero-order valence-corrected chi connectivity index (χ0v) is 11.3. The van der Waals surface area contributed by atoms with Crippen LogP contribution in [0.4, 0.5) is 0 Å². The topological polar surface area (TPSA) is 47.8 Å². The van der Waals surface area contributed by atoms with Crippen LogP contribution in [0.1, 0.15) is 19.0 Å². The summed E-state index contributed by atoms with van der Waals surface area (Å²) in [6, 6.07) is 0. The fourth-order valence-corrected chi connectivity index (χ4v) is 2.33. The number of ether oxygens (including phenoxy) is 1. The molecule has 0 fully saturated rings. The molecule has 2 rings (SSSR count). The molecular weight excluding hydrogens is 236 g/mol. The van der Waals surface area contributed by atoms with Crippen LogP contribution in [0, 0.1) is 11.7 Å². The molecule has 0 atom stereocenters. The SMILES string of the molecule is CCOCCCn1c(=S)[nH]c2c(C)nn(C)c21. The fraction of sp³-hybridized carbons (Fsp3) is 0.636. The Kier molecular flexibility index (Phi) is 3.63. The number of aromatic nitrogens is 4. The summed E-state index contributed by atoms with van der Waals surface area (Å²) in [4.78, 5) is 3.21. The predicted molar refractivity (Wildman–Crippen MR) is 69.7 cm³/mol. The third-order valence-corrected chi connectivity index (χ3v) is 3.12. The standard InChI is InChI=1S/C11H18N4OS/c1-4-16-7-5-6-15-10-9(12-11(15)17)8(2)13-14(10)3/h4-7H2,1-3H3,(H,12,17). The van der Waals surface area contributed by atoms with Crippen LogP contribution in [0.3, 0.4) is 0 Å². The third-order valence-electron chi connectivity index (χ3n) is 2.80. The first kappa shape index (κ1) is 12.3. The summed E-state index contributed by atoms with van der Waals surface area (Å²) in [5.41, 5.74) is 3.08. The minimum atomic E-state index is 0.757. The second-order valence-electron chi connectivity index (χ2n) is 4.04. The Balaban J connectivity index is 2.26. The number of H-pyrrole nitrogens is 1. The molecule has 2 aromatic heterocycles. The number of hydrogen-bond acceptors (Lipinski definition) is 3. The minimum absolute atomic E-state index is 0.757. The van der Waals surface area contributed by atoms with E-state index in [0.717, 1.165) is 47.8 Å². The van der Waals surface area contributed by atoms with E-state index in [9.17, 15) is 0 Å². The van der Waals surface area contributed by atoms with E-state index in [0.29, 0.717) is 0 Å². The van der Waals surface area contributed by atoms with Gasteiger partial charge in [0, 0.05) is 26.8 Å². The van der Waals surface area contributed by atoms with Gasteiger partial charge in [-0.15, -0.1) is 0 Å². The highest BCUT2D eigenvalue weighted by atomic mass is 32.1. The van der Waals surface area contributed by atoms with Gasteiger partial charge in [-0.1, -0.05) is 0 Å². The summed E-state index contributed by atoms with van der Waals surface area (Å²) in [5.74, 6) is 0. The van der Waals surface area contributed by atoms with E-state index in [1.165, 1.54) is 0 Å². The van der Waals surface area contributed by atoms with Crippen LogP contribution in [-0.4, -0.2) is 32.5 Å². The summed E-state index contributed by atoms with van der Waals surface area (Å²) in [6.07, 6.45) is 0.958. The van der Waals surface area contributed by atoms with E-state index in [1.54, 1.807) is 0 Å². The maximum atomic E-state index is 5.34. The molecule has 0 spiro atoms. The summed E-state index contributed by atoms with van der Waals surface area (Å²) in [6.45, 7) is 6.38. The van der Waals surface area contributed by atoms with Crippen molar-refractivity contribution < 1.29 is 4.74 Å². The van der Waals surface area contributed by atoms with E-state index in [4.69, 9.17) is 17.0 Å². The first-order valence-corrected chi connectivity index (χ1v) is 6.25. The smallest absolute Gasteiger partial charge is 0.179 e. The average molecular weight is 254 g/mol. The van der Waals surface area contributed by atoms with Gasteiger partial charge in [-0.3, -0.25) is 4.68 Å². The maximum Gasteiger partial charge on any atom is 0.179 e. The number of rotatable bonds is 5. The van der Waals surface area contributed by atoms with Crippen molar-refractivity contribution in [1.29, 1.82) is 0 Å². The van der Waals surface area contributed by atoms with Crippen LogP contribution in [0.15, 0.2) is 0 Å². The molecule has 2 aromatic rings. The summed E-state index contributed by atoms with van der Waals surface area (Å²) < 4.78 is 10.1. The van der Waals surface area contributed by atoms with Crippen molar-refractivity contribution in [2.75, 3.05) is 13.2 Å². The molecule has 0 aliphatic carbocycles.